The second-order valence-electron chi connectivity index (χ2n) is 6.52. The molecule has 5 nitrogen and oxygen atoms in total. The first-order valence-corrected chi connectivity index (χ1v) is 8.80. The fourth-order valence-corrected chi connectivity index (χ4v) is 3.10. The summed E-state index contributed by atoms with van der Waals surface area (Å²) in [4.78, 5) is 14.5. The second kappa shape index (κ2) is 8.13. The Balaban J connectivity index is 1.82. The minimum Gasteiger partial charge on any atom is -0.379 e. The molecule has 1 aromatic carbocycles. The summed E-state index contributed by atoms with van der Waals surface area (Å²) in [5.74, 6) is 0. The molecule has 1 aromatic rings. The molecule has 2 rings (SSSR count). The molecular formula is C17H26BrN3O2. The van der Waals surface area contributed by atoms with Crippen LogP contribution in [-0.2, 0) is 4.74 Å². The van der Waals surface area contributed by atoms with E-state index in [9.17, 15) is 4.79 Å². The first-order valence-electron chi connectivity index (χ1n) is 8.01. The first kappa shape index (κ1) is 18.2. The van der Waals surface area contributed by atoms with E-state index in [1.807, 2.05) is 31.2 Å². The lowest BCUT2D eigenvalue weighted by Gasteiger charge is -2.40. The van der Waals surface area contributed by atoms with Crippen LogP contribution in [-0.4, -0.2) is 49.3 Å². The van der Waals surface area contributed by atoms with Crippen molar-refractivity contribution in [2.24, 2.45) is 0 Å². The number of morpholine rings is 1. The molecule has 23 heavy (non-hydrogen) atoms. The number of nitrogens with zero attached hydrogens (tertiary/aromatic N) is 1. The van der Waals surface area contributed by atoms with E-state index in [-0.39, 0.29) is 17.6 Å². The molecule has 0 bridgehead atoms. The number of halogens is 1. The third-order valence-corrected chi connectivity index (χ3v) is 4.74. The van der Waals surface area contributed by atoms with Gasteiger partial charge >= 0.3 is 6.03 Å². The van der Waals surface area contributed by atoms with Crippen LogP contribution in [0.4, 0.5) is 4.79 Å². The van der Waals surface area contributed by atoms with Crippen LogP contribution < -0.4 is 10.6 Å². The highest BCUT2D eigenvalue weighted by molar-refractivity contribution is 9.10. The Kier molecular flexibility index (Phi) is 6.44. The minimum absolute atomic E-state index is 0.0426. The molecule has 1 fully saturated rings. The van der Waals surface area contributed by atoms with Crippen LogP contribution in [0.1, 0.15) is 32.4 Å². The molecular weight excluding hydrogens is 358 g/mol. The van der Waals surface area contributed by atoms with Crippen molar-refractivity contribution in [3.05, 3.63) is 34.3 Å². The van der Waals surface area contributed by atoms with E-state index in [1.54, 1.807) is 0 Å². The van der Waals surface area contributed by atoms with Crippen LogP contribution in [0.3, 0.4) is 0 Å². The van der Waals surface area contributed by atoms with Gasteiger partial charge in [0.1, 0.15) is 0 Å². The minimum atomic E-state index is -0.140. The summed E-state index contributed by atoms with van der Waals surface area (Å²) in [5.41, 5.74) is 0.988. The SMILES string of the molecule is CC(NC(=O)NCC(C)(C)N1CCOCC1)c1cccc(Br)c1. The molecule has 2 amide bonds. The highest BCUT2D eigenvalue weighted by Crippen LogP contribution is 2.18. The van der Waals surface area contributed by atoms with Crippen molar-refractivity contribution in [2.75, 3.05) is 32.8 Å². The zero-order chi connectivity index (χ0) is 16.9. The quantitative estimate of drug-likeness (QED) is 0.821. The summed E-state index contributed by atoms with van der Waals surface area (Å²) in [6.45, 7) is 10.2. The van der Waals surface area contributed by atoms with Crippen molar-refractivity contribution in [3.63, 3.8) is 0 Å². The molecule has 1 atom stereocenters. The molecule has 0 saturated carbocycles. The van der Waals surface area contributed by atoms with Crippen LogP contribution in [0.25, 0.3) is 0 Å². The normalized spacial score (nSPS) is 17.6. The predicted molar refractivity (Wildman–Crippen MR) is 95.6 cm³/mol. The Morgan fingerprint density at radius 2 is 2.09 bits per heavy atom. The van der Waals surface area contributed by atoms with Crippen molar-refractivity contribution in [3.8, 4) is 0 Å². The average molecular weight is 384 g/mol. The number of carbonyl (C=O) groups is 1. The molecule has 0 aromatic heterocycles. The highest BCUT2D eigenvalue weighted by Gasteiger charge is 2.28. The zero-order valence-electron chi connectivity index (χ0n) is 14.1. The Morgan fingerprint density at radius 1 is 1.39 bits per heavy atom. The van der Waals surface area contributed by atoms with Gasteiger partial charge in [-0.15, -0.1) is 0 Å². The summed E-state index contributed by atoms with van der Waals surface area (Å²) in [6, 6.07) is 7.78. The van der Waals surface area contributed by atoms with E-state index >= 15 is 0 Å². The van der Waals surface area contributed by atoms with Gasteiger partial charge in [0.05, 0.1) is 19.3 Å². The summed E-state index contributed by atoms with van der Waals surface area (Å²) >= 11 is 3.45. The van der Waals surface area contributed by atoms with Crippen LogP contribution >= 0.6 is 15.9 Å². The van der Waals surface area contributed by atoms with Crippen LogP contribution in [0.2, 0.25) is 0 Å². The summed E-state index contributed by atoms with van der Waals surface area (Å²) in [6.07, 6.45) is 0. The van der Waals surface area contributed by atoms with E-state index in [2.05, 4.69) is 45.3 Å². The lowest BCUT2D eigenvalue weighted by Crippen LogP contribution is -2.56. The number of carbonyl (C=O) groups excluding carboxylic acids is 1. The third-order valence-electron chi connectivity index (χ3n) is 4.24. The lowest BCUT2D eigenvalue weighted by atomic mass is 10.0. The standard InChI is InChI=1S/C17H26BrN3O2/c1-13(14-5-4-6-15(18)11-14)20-16(22)19-12-17(2,3)21-7-9-23-10-8-21/h4-6,11,13H,7-10,12H2,1-3H3,(H2,19,20,22). The van der Waals surface area contributed by atoms with Gasteiger partial charge in [0.25, 0.3) is 0 Å². The van der Waals surface area contributed by atoms with Gasteiger partial charge in [-0.3, -0.25) is 4.90 Å². The van der Waals surface area contributed by atoms with E-state index in [1.165, 1.54) is 0 Å². The Hall–Kier alpha value is -1.11. The van der Waals surface area contributed by atoms with Crippen molar-refractivity contribution >= 4 is 22.0 Å². The number of nitrogens with one attached hydrogen (secondary N) is 2. The first-order chi connectivity index (χ1) is 10.9. The maximum atomic E-state index is 12.2. The molecule has 0 spiro atoms. The average Bonchev–Trinajstić information content (AvgIpc) is 2.54. The van der Waals surface area contributed by atoms with Crippen LogP contribution in [0.5, 0.6) is 0 Å². The monoisotopic (exact) mass is 383 g/mol. The maximum Gasteiger partial charge on any atom is 0.315 e. The molecule has 0 aliphatic carbocycles. The number of urea groups is 1. The molecule has 128 valence electrons. The van der Waals surface area contributed by atoms with Gasteiger partial charge in [0.2, 0.25) is 0 Å². The Bertz CT molecular complexity index is 530. The van der Waals surface area contributed by atoms with Crippen LogP contribution in [0.15, 0.2) is 28.7 Å². The number of amides is 2. The highest BCUT2D eigenvalue weighted by atomic mass is 79.9. The molecule has 1 saturated heterocycles. The molecule has 1 unspecified atom stereocenters. The van der Waals surface area contributed by atoms with Gasteiger partial charge < -0.3 is 15.4 Å². The van der Waals surface area contributed by atoms with Gasteiger partial charge in [0, 0.05) is 29.6 Å². The summed E-state index contributed by atoms with van der Waals surface area (Å²) in [5, 5.41) is 5.98. The number of hydrogen-bond donors (Lipinski definition) is 2. The summed E-state index contributed by atoms with van der Waals surface area (Å²) < 4.78 is 6.40. The fourth-order valence-electron chi connectivity index (χ4n) is 2.68. The molecule has 0 radical (unpaired) electrons. The lowest BCUT2D eigenvalue weighted by molar-refractivity contribution is -0.00876. The second-order valence-corrected chi connectivity index (χ2v) is 7.43. The molecule has 1 heterocycles. The van der Waals surface area contributed by atoms with Gasteiger partial charge in [-0.05, 0) is 38.5 Å². The smallest absolute Gasteiger partial charge is 0.315 e. The van der Waals surface area contributed by atoms with E-state index < -0.39 is 0 Å². The number of ether oxygens (including phenoxy) is 1. The largest absolute Gasteiger partial charge is 0.379 e. The van der Waals surface area contributed by atoms with Crippen molar-refractivity contribution in [2.45, 2.75) is 32.4 Å². The van der Waals surface area contributed by atoms with Gasteiger partial charge in [-0.1, -0.05) is 28.1 Å². The number of rotatable bonds is 5. The van der Waals surface area contributed by atoms with Crippen LogP contribution in [0, 0.1) is 0 Å². The van der Waals surface area contributed by atoms with Crippen molar-refractivity contribution < 1.29 is 9.53 Å². The fraction of sp³-hybridized carbons (Fsp3) is 0.588. The van der Waals surface area contributed by atoms with E-state index in [0.29, 0.717) is 6.54 Å². The molecule has 6 heteroatoms. The molecule has 2 N–H and O–H groups in total. The maximum absolute atomic E-state index is 12.2. The van der Waals surface area contributed by atoms with E-state index in [4.69, 9.17) is 4.74 Å². The van der Waals surface area contributed by atoms with Crippen molar-refractivity contribution in [1.29, 1.82) is 0 Å². The molecule has 1 aliphatic rings. The Morgan fingerprint density at radius 3 is 2.74 bits per heavy atom. The molecule has 1 aliphatic heterocycles. The zero-order valence-corrected chi connectivity index (χ0v) is 15.6. The Labute approximate surface area is 146 Å². The topological polar surface area (TPSA) is 53.6 Å². The number of benzene rings is 1. The van der Waals surface area contributed by atoms with Gasteiger partial charge in [-0.2, -0.15) is 0 Å². The third kappa shape index (κ3) is 5.48. The van der Waals surface area contributed by atoms with E-state index in [0.717, 1.165) is 36.3 Å². The van der Waals surface area contributed by atoms with Crippen molar-refractivity contribution in [1.82, 2.24) is 15.5 Å². The number of hydrogen-bond acceptors (Lipinski definition) is 3. The van der Waals surface area contributed by atoms with Gasteiger partial charge in [0.15, 0.2) is 0 Å². The van der Waals surface area contributed by atoms with Gasteiger partial charge in [-0.25, -0.2) is 4.79 Å². The predicted octanol–water partition coefficient (Wildman–Crippen LogP) is 2.92. The summed E-state index contributed by atoms with van der Waals surface area (Å²) in [7, 11) is 0.